The Balaban J connectivity index is 2.39. The van der Waals surface area contributed by atoms with Crippen molar-refractivity contribution >= 4 is 10.0 Å². The van der Waals surface area contributed by atoms with Gasteiger partial charge in [0, 0.05) is 13.2 Å². The molecule has 0 aromatic rings. The lowest BCUT2D eigenvalue weighted by Crippen LogP contribution is -2.43. The monoisotopic (exact) mass is 278 g/mol. The van der Waals surface area contributed by atoms with Crippen molar-refractivity contribution in [3.63, 3.8) is 0 Å². The Kier molecular flexibility index (Phi) is 6.04. The van der Waals surface area contributed by atoms with Crippen molar-refractivity contribution in [2.45, 2.75) is 39.2 Å². The van der Waals surface area contributed by atoms with Crippen LogP contribution in [0.4, 0.5) is 0 Å². The molecule has 18 heavy (non-hydrogen) atoms. The number of hydrogen-bond donors (Lipinski definition) is 2. The van der Waals surface area contributed by atoms with Gasteiger partial charge in [0.15, 0.2) is 0 Å². The molecule has 0 aliphatic carbocycles. The van der Waals surface area contributed by atoms with Gasteiger partial charge in [-0.2, -0.15) is 0 Å². The number of piperidine rings is 1. The van der Waals surface area contributed by atoms with Gasteiger partial charge >= 0.3 is 0 Å². The molecule has 1 unspecified atom stereocenters. The lowest BCUT2D eigenvalue weighted by atomic mass is 10.0. The van der Waals surface area contributed by atoms with E-state index in [1.807, 2.05) is 20.8 Å². The highest BCUT2D eigenvalue weighted by Crippen LogP contribution is 2.13. The van der Waals surface area contributed by atoms with Crippen LogP contribution >= 0.6 is 0 Å². The van der Waals surface area contributed by atoms with Crippen LogP contribution in [0.25, 0.3) is 0 Å². The summed E-state index contributed by atoms with van der Waals surface area (Å²) in [5, 5.41) is 3.23. The van der Waals surface area contributed by atoms with Crippen LogP contribution in [-0.4, -0.2) is 46.0 Å². The Morgan fingerprint density at radius 1 is 1.44 bits per heavy atom. The van der Waals surface area contributed by atoms with Crippen LogP contribution in [-0.2, 0) is 14.8 Å². The summed E-state index contributed by atoms with van der Waals surface area (Å²) < 4.78 is 32.0. The number of rotatable bonds is 7. The van der Waals surface area contributed by atoms with Crippen molar-refractivity contribution in [1.29, 1.82) is 0 Å². The first-order chi connectivity index (χ1) is 8.35. The van der Waals surface area contributed by atoms with E-state index in [9.17, 15) is 8.42 Å². The van der Waals surface area contributed by atoms with Crippen LogP contribution < -0.4 is 10.0 Å². The fourth-order valence-corrected chi connectivity index (χ4v) is 3.75. The van der Waals surface area contributed by atoms with Gasteiger partial charge < -0.3 is 10.1 Å². The lowest BCUT2D eigenvalue weighted by molar-refractivity contribution is -0.00516. The van der Waals surface area contributed by atoms with Gasteiger partial charge in [-0.05, 0) is 52.6 Å². The molecule has 1 aliphatic rings. The highest BCUT2D eigenvalue weighted by molar-refractivity contribution is 7.89. The molecule has 1 atom stereocenters. The summed E-state index contributed by atoms with van der Waals surface area (Å²) in [5.74, 6) is 0.439. The van der Waals surface area contributed by atoms with Crippen molar-refractivity contribution in [3.05, 3.63) is 0 Å². The maximum absolute atomic E-state index is 12.0. The first-order valence-electron chi connectivity index (χ1n) is 6.66. The minimum absolute atomic E-state index is 0.211. The predicted molar refractivity (Wildman–Crippen MR) is 73.1 cm³/mol. The van der Waals surface area contributed by atoms with Gasteiger partial charge in [-0.15, -0.1) is 0 Å². The molecule has 2 N–H and O–H groups in total. The van der Waals surface area contributed by atoms with Crippen molar-refractivity contribution in [3.8, 4) is 0 Å². The molecule has 0 spiro atoms. The van der Waals surface area contributed by atoms with E-state index < -0.39 is 15.6 Å². The van der Waals surface area contributed by atoms with E-state index in [2.05, 4.69) is 10.0 Å². The fraction of sp³-hybridized carbons (Fsp3) is 1.00. The van der Waals surface area contributed by atoms with Gasteiger partial charge in [-0.1, -0.05) is 0 Å². The third kappa shape index (κ3) is 6.13. The molecule has 1 heterocycles. The number of sulfonamides is 1. The summed E-state index contributed by atoms with van der Waals surface area (Å²) in [4.78, 5) is 0. The third-order valence-electron chi connectivity index (χ3n) is 3.11. The van der Waals surface area contributed by atoms with Crippen LogP contribution in [0.1, 0.15) is 33.6 Å². The zero-order valence-electron chi connectivity index (χ0n) is 11.7. The van der Waals surface area contributed by atoms with Gasteiger partial charge in [0.2, 0.25) is 10.0 Å². The zero-order valence-corrected chi connectivity index (χ0v) is 12.5. The molecule has 1 saturated heterocycles. The van der Waals surface area contributed by atoms with Crippen molar-refractivity contribution in [1.82, 2.24) is 10.0 Å². The van der Waals surface area contributed by atoms with Gasteiger partial charge in [-0.3, -0.25) is 0 Å². The maximum atomic E-state index is 12.0. The van der Waals surface area contributed by atoms with Crippen LogP contribution in [0.2, 0.25) is 0 Å². The quantitative estimate of drug-likeness (QED) is 0.720. The van der Waals surface area contributed by atoms with E-state index in [-0.39, 0.29) is 11.7 Å². The van der Waals surface area contributed by atoms with Crippen LogP contribution in [0.3, 0.4) is 0 Å². The van der Waals surface area contributed by atoms with E-state index in [0.29, 0.717) is 13.2 Å². The average molecular weight is 278 g/mol. The summed E-state index contributed by atoms with van der Waals surface area (Å²) in [6.07, 6.45) is 2.05. The van der Waals surface area contributed by atoms with Crippen molar-refractivity contribution < 1.29 is 13.2 Å². The van der Waals surface area contributed by atoms with E-state index in [1.165, 1.54) is 0 Å². The van der Waals surface area contributed by atoms with E-state index >= 15 is 0 Å². The van der Waals surface area contributed by atoms with E-state index in [4.69, 9.17) is 4.74 Å². The number of ether oxygens (including phenoxy) is 1. The van der Waals surface area contributed by atoms with Crippen LogP contribution in [0, 0.1) is 5.92 Å². The summed E-state index contributed by atoms with van der Waals surface area (Å²) >= 11 is 0. The van der Waals surface area contributed by atoms with Gasteiger partial charge in [0.25, 0.3) is 0 Å². The second kappa shape index (κ2) is 6.84. The molecular weight excluding hydrogens is 252 g/mol. The molecule has 0 radical (unpaired) electrons. The minimum Gasteiger partial charge on any atom is -0.375 e. The topological polar surface area (TPSA) is 67.4 Å². The molecule has 108 valence electrons. The zero-order chi connectivity index (χ0) is 13.6. The molecule has 0 bridgehead atoms. The third-order valence-corrected chi connectivity index (χ3v) is 4.60. The Labute approximate surface area is 111 Å². The molecule has 0 amide bonds. The molecule has 1 rings (SSSR count). The number of hydrogen-bond acceptors (Lipinski definition) is 4. The SMILES string of the molecule is CCOC(C)(C)CNS(=O)(=O)CC1CCCNC1. The normalized spacial score (nSPS) is 22.1. The highest BCUT2D eigenvalue weighted by atomic mass is 32.2. The standard InChI is InChI=1S/C12H26N2O3S/c1-4-17-12(2,3)10-14-18(15,16)9-11-6-5-7-13-8-11/h11,13-14H,4-10H2,1-3H3. The molecule has 1 fully saturated rings. The summed E-state index contributed by atoms with van der Waals surface area (Å²) in [6, 6.07) is 0. The Morgan fingerprint density at radius 2 is 2.17 bits per heavy atom. The fourth-order valence-electron chi connectivity index (χ4n) is 2.16. The highest BCUT2D eigenvalue weighted by Gasteiger charge is 2.24. The molecule has 1 aliphatic heterocycles. The summed E-state index contributed by atoms with van der Waals surface area (Å²) in [5.41, 5.74) is -0.452. The second-order valence-corrected chi connectivity index (χ2v) is 7.36. The molecule has 0 aromatic heterocycles. The minimum atomic E-state index is -3.20. The molecule has 6 heteroatoms. The summed E-state index contributed by atoms with van der Waals surface area (Å²) in [7, 11) is -3.20. The van der Waals surface area contributed by atoms with Crippen molar-refractivity contribution in [2.24, 2.45) is 5.92 Å². The average Bonchev–Trinajstić information content (AvgIpc) is 2.28. The molecule has 0 aromatic carbocycles. The Hall–Kier alpha value is -0.170. The maximum Gasteiger partial charge on any atom is 0.212 e. The molecule has 0 saturated carbocycles. The lowest BCUT2D eigenvalue weighted by Gasteiger charge is -2.26. The van der Waals surface area contributed by atoms with Gasteiger partial charge in [-0.25, -0.2) is 13.1 Å². The Bertz CT molecular complexity index is 335. The molecule has 5 nitrogen and oxygen atoms in total. The van der Waals surface area contributed by atoms with Crippen LogP contribution in [0.15, 0.2) is 0 Å². The smallest absolute Gasteiger partial charge is 0.212 e. The predicted octanol–water partition coefficient (Wildman–Crippen LogP) is 0.721. The second-order valence-electron chi connectivity index (χ2n) is 5.51. The summed E-state index contributed by atoms with van der Waals surface area (Å²) in [6.45, 7) is 8.40. The van der Waals surface area contributed by atoms with Gasteiger partial charge in [0.1, 0.15) is 0 Å². The first-order valence-corrected chi connectivity index (χ1v) is 8.32. The van der Waals surface area contributed by atoms with E-state index in [1.54, 1.807) is 0 Å². The van der Waals surface area contributed by atoms with E-state index in [0.717, 1.165) is 25.9 Å². The van der Waals surface area contributed by atoms with Crippen LogP contribution in [0.5, 0.6) is 0 Å². The van der Waals surface area contributed by atoms with Gasteiger partial charge in [0.05, 0.1) is 11.4 Å². The Morgan fingerprint density at radius 3 is 2.72 bits per heavy atom. The first kappa shape index (κ1) is 15.9. The largest absolute Gasteiger partial charge is 0.375 e. The van der Waals surface area contributed by atoms with Crippen molar-refractivity contribution in [2.75, 3.05) is 32.0 Å². The number of nitrogens with one attached hydrogen (secondary N) is 2. The molecular formula is C12H26N2O3S.